The molecule has 16 heavy (non-hydrogen) atoms. The van der Waals surface area contributed by atoms with E-state index in [1.54, 1.807) is 0 Å². The molecule has 2 nitrogen and oxygen atoms in total. The minimum absolute atomic E-state index is 0.834. The molecule has 0 aromatic carbocycles. The summed E-state index contributed by atoms with van der Waals surface area (Å²) in [6, 6.07) is 0.834. The first-order chi connectivity index (χ1) is 7.75. The highest BCUT2D eigenvalue weighted by Gasteiger charge is 2.22. The van der Waals surface area contributed by atoms with Gasteiger partial charge in [-0.3, -0.25) is 0 Å². The predicted octanol–water partition coefficient (Wildman–Crippen LogP) is 2.50. The van der Waals surface area contributed by atoms with Crippen molar-refractivity contribution in [3.63, 3.8) is 0 Å². The zero-order valence-corrected chi connectivity index (χ0v) is 11.0. The number of hydrogen-bond acceptors (Lipinski definition) is 2. The van der Waals surface area contributed by atoms with Gasteiger partial charge in [0.25, 0.3) is 0 Å². The fraction of sp³-hybridized carbons (Fsp3) is 1.00. The van der Waals surface area contributed by atoms with Crippen LogP contribution in [-0.4, -0.2) is 37.1 Å². The molecule has 0 amide bonds. The normalized spacial score (nSPS) is 36.8. The molecule has 2 aliphatic heterocycles. The van der Waals surface area contributed by atoms with Crippen LogP contribution < -0.4 is 5.32 Å². The van der Waals surface area contributed by atoms with E-state index in [1.165, 1.54) is 58.3 Å². The topological polar surface area (TPSA) is 15.3 Å². The summed E-state index contributed by atoms with van der Waals surface area (Å²) >= 11 is 0. The van der Waals surface area contributed by atoms with Gasteiger partial charge in [0.15, 0.2) is 0 Å². The number of likely N-dealkylation sites (tertiary alicyclic amines) is 1. The minimum Gasteiger partial charge on any atom is -0.314 e. The lowest BCUT2D eigenvalue weighted by Crippen LogP contribution is -2.39. The van der Waals surface area contributed by atoms with Crippen LogP contribution in [0.2, 0.25) is 0 Å². The van der Waals surface area contributed by atoms with Crippen LogP contribution in [0.3, 0.4) is 0 Å². The summed E-state index contributed by atoms with van der Waals surface area (Å²) in [5.74, 6) is 1.84. The Morgan fingerprint density at radius 1 is 1.19 bits per heavy atom. The van der Waals surface area contributed by atoms with E-state index >= 15 is 0 Å². The van der Waals surface area contributed by atoms with Gasteiger partial charge in [-0.15, -0.1) is 0 Å². The van der Waals surface area contributed by atoms with Crippen molar-refractivity contribution < 1.29 is 0 Å². The molecule has 3 atom stereocenters. The fourth-order valence-electron chi connectivity index (χ4n) is 3.12. The lowest BCUT2D eigenvalue weighted by molar-refractivity contribution is 0.135. The van der Waals surface area contributed by atoms with Gasteiger partial charge >= 0.3 is 0 Å². The van der Waals surface area contributed by atoms with E-state index in [0.29, 0.717) is 0 Å². The lowest BCUT2D eigenvalue weighted by atomic mass is 9.88. The van der Waals surface area contributed by atoms with Gasteiger partial charge in [-0.05, 0) is 63.6 Å². The zero-order valence-electron chi connectivity index (χ0n) is 11.0. The van der Waals surface area contributed by atoms with Gasteiger partial charge in [-0.2, -0.15) is 0 Å². The van der Waals surface area contributed by atoms with Gasteiger partial charge in [0.2, 0.25) is 0 Å². The molecule has 0 saturated carbocycles. The Hall–Kier alpha value is -0.0800. The Labute approximate surface area is 101 Å². The van der Waals surface area contributed by atoms with Crippen LogP contribution in [0.5, 0.6) is 0 Å². The molecule has 2 saturated heterocycles. The van der Waals surface area contributed by atoms with Crippen LogP contribution in [0.15, 0.2) is 0 Å². The first kappa shape index (κ1) is 12.4. The van der Waals surface area contributed by atoms with Crippen molar-refractivity contribution in [1.29, 1.82) is 0 Å². The molecule has 0 aromatic rings. The molecule has 0 aromatic heterocycles. The van der Waals surface area contributed by atoms with Crippen LogP contribution in [0.25, 0.3) is 0 Å². The molecule has 1 N–H and O–H groups in total. The molecule has 2 heteroatoms. The third-order valence-corrected chi connectivity index (χ3v) is 4.61. The summed E-state index contributed by atoms with van der Waals surface area (Å²) in [4.78, 5) is 2.68. The second kappa shape index (κ2) is 6.02. The first-order valence-electron chi connectivity index (χ1n) is 7.21. The van der Waals surface area contributed by atoms with Crippen molar-refractivity contribution in [2.45, 2.75) is 52.0 Å². The summed E-state index contributed by atoms with van der Waals surface area (Å²) in [5, 5.41) is 3.59. The second-order valence-corrected chi connectivity index (χ2v) is 5.98. The van der Waals surface area contributed by atoms with E-state index in [1.807, 2.05) is 0 Å². The van der Waals surface area contributed by atoms with Crippen molar-refractivity contribution in [3.8, 4) is 0 Å². The van der Waals surface area contributed by atoms with Gasteiger partial charge in [0, 0.05) is 12.6 Å². The smallest absolute Gasteiger partial charge is 0.00680 e. The largest absolute Gasteiger partial charge is 0.314 e. The van der Waals surface area contributed by atoms with Crippen molar-refractivity contribution in [1.82, 2.24) is 10.2 Å². The van der Waals surface area contributed by atoms with E-state index in [4.69, 9.17) is 0 Å². The first-order valence-corrected chi connectivity index (χ1v) is 7.21. The summed E-state index contributed by atoms with van der Waals surface area (Å²) in [5.41, 5.74) is 0. The quantitative estimate of drug-likeness (QED) is 0.789. The Bertz CT molecular complexity index is 199. The number of hydrogen-bond donors (Lipinski definition) is 1. The van der Waals surface area contributed by atoms with E-state index in [9.17, 15) is 0 Å². The van der Waals surface area contributed by atoms with Crippen molar-refractivity contribution in [2.24, 2.45) is 11.8 Å². The third-order valence-electron chi connectivity index (χ3n) is 4.61. The van der Waals surface area contributed by atoms with Crippen LogP contribution in [-0.2, 0) is 0 Å². The number of nitrogens with zero attached hydrogens (tertiary/aromatic N) is 1. The van der Waals surface area contributed by atoms with Crippen LogP contribution in [0.4, 0.5) is 0 Å². The molecule has 2 aliphatic rings. The Morgan fingerprint density at radius 3 is 2.75 bits per heavy atom. The summed E-state index contributed by atoms with van der Waals surface area (Å²) < 4.78 is 0. The van der Waals surface area contributed by atoms with Gasteiger partial charge in [0.05, 0.1) is 0 Å². The third kappa shape index (κ3) is 3.46. The van der Waals surface area contributed by atoms with E-state index in [-0.39, 0.29) is 0 Å². The van der Waals surface area contributed by atoms with E-state index in [0.717, 1.165) is 17.9 Å². The molecular weight excluding hydrogens is 196 g/mol. The predicted molar refractivity (Wildman–Crippen MR) is 69.6 cm³/mol. The second-order valence-electron chi connectivity index (χ2n) is 5.98. The van der Waals surface area contributed by atoms with Gasteiger partial charge < -0.3 is 10.2 Å². The van der Waals surface area contributed by atoms with Crippen molar-refractivity contribution >= 4 is 0 Å². The number of nitrogens with one attached hydrogen (secondary N) is 1. The molecule has 0 spiro atoms. The van der Waals surface area contributed by atoms with E-state index in [2.05, 4.69) is 24.1 Å². The maximum Gasteiger partial charge on any atom is 0.00680 e. The molecule has 3 unspecified atom stereocenters. The molecule has 0 bridgehead atoms. The highest BCUT2D eigenvalue weighted by Crippen LogP contribution is 2.22. The Morgan fingerprint density at radius 2 is 2.06 bits per heavy atom. The molecule has 2 fully saturated rings. The minimum atomic E-state index is 0.834. The lowest BCUT2D eigenvalue weighted by Gasteiger charge is -2.35. The van der Waals surface area contributed by atoms with Gasteiger partial charge in [-0.1, -0.05) is 13.8 Å². The molecule has 0 aliphatic carbocycles. The highest BCUT2D eigenvalue weighted by molar-refractivity contribution is 4.77. The fourth-order valence-corrected chi connectivity index (χ4v) is 3.12. The monoisotopic (exact) mass is 224 g/mol. The summed E-state index contributed by atoms with van der Waals surface area (Å²) in [7, 11) is 0. The molecular formula is C14H28N2. The van der Waals surface area contributed by atoms with Crippen LogP contribution >= 0.6 is 0 Å². The van der Waals surface area contributed by atoms with Gasteiger partial charge in [0.1, 0.15) is 0 Å². The van der Waals surface area contributed by atoms with Crippen molar-refractivity contribution in [3.05, 3.63) is 0 Å². The maximum absolute atomic E-state index is 3.59. The van der Waals surface area contributed by atoms with Crippen molar-refractivity contribution in [2.75, 3.05) is 26.2 Å². The summed E-state index contributed by atoms with van der Waals surface area (Å²) in [6.45, 7) is 10.1. The van der Waals surface area contributed by atoms with Gasteiger partial charge in [-0.25, -0.2) is 0 Å². The number of piperidine rings is 1. The van der Waals surface area contributed by atoms with E-state index < -0.39 is 0 Å². The highest BCUT2D eigenvalue weighted by atomic mass is 15.1. The molecule has 2 rings (SSSR count). The molecule has 2 heterocycles. The zero-order chi connectivity index (χ0) is 11.4. The standard InChI is InChI=1S/C14H28N2/c1-12-7-10-16(11-13(12)2)9-4-6-14-5-3-8-15-14/h12-15H,3-11H2,1-2H3. The SMILES string of the molecule is CC1CCN(CCCC2CCCN2)CC1C. The number of rotatable bonds is 4. The Balaban J connectivity index is 1.59. The molecule has 0 radical (unpaired) electrons. The summed E-state index contributed by atoms with van der Waals surface area (Å²) in [6.07, 6.45) is 6.98. The average molecular weight is 224 g/mol. The molecule has 94 valence electrons. The average Bonchev–Trinajstić information content (AvgIpc) is 2.76. The van der Waals surface area contributed by atoms with Crippen LogP contribution in [0, 0.1) is 11.8 Å². The van der Waals surface area contributed by atoms with Crippen LogP contribution in [0.1, 0.15) is 46.0 Å². The Kier molecular flexibility index (Phi) is 4.66. The maximum atomic E-state index is 3.59.